The second kappa shape index (κ2) is 11.2. The number of amides is 3. The number of primary amides is 1. The third-order valence-electron chi connectivity index (χ3n) is 5.95. The Morgan fingerprint density at radius 1 is 1.11 bits per heavy atom. The monoisotopic (exact) mass is 509 g/mol. The maximum absolute atomic E-state index is 13.9. The molecular weight excluding hydrogens is 478 g/mol. The topological polar surface area (TPSA) is 141 Å². The van der Waals surface area contributed by atoms with Crippen LogP contribution in [0.15, 0.2) is 54.6 Å². The van der Waals surface area contributed by atoms with Gasteiger partial charge in [0, 0.05) is 12.1 Å². The van der Waals surface area contributed by atoms with Gasteiger partial charge in [0.1, 0.15) is 16.7 Å². The van der Waals surface area contributed by atoms with Gasteiger partial charge in [-0.25, -0.2) is 0 Å². The minimum absolute atomic E-state index is 0.0424. The summed E-state index contributed by atoms with van der Waals surface area (Å²) in [5.41, 5.74) is 12.1. The molecule has 3 aromatic rings. The quantitative estimate of drug-likeness (QED) is 0.382. The number of hydrogen-bond donors (Lipinski definition) is 3. The zero-order valence-corrected chi connectivity index (χ0v) is 21.6. The second-order valence-corrected chi connectivity index (χ2v) is 9.73. The van der Waals surface area contributed by atoms with Gasteiger partial charge in [-0.3, -0.25) is 14.4 Å². The zero-order chi connectivity index (χ0) is 26.5. The van der Waals surface area contributed by atoms with Crippen molar-refractivity contribution < 1.29 is 19.1 Å². The first-order valence-electron chi connectivity index (χ1n) is 11.4. The molecule has 5 N–H and O–H groups in total. The minimum atomic E-state index is -1.01. The smallest absolute Gasteiger partial charge is 0.270 e. The molecule has 0 unspecified atom stereocenters. The van der Waals surface area contributed by atoms with Crippen LogP contribution in [0.1, 0.15) is 64.5 Å². The van der Waals surface area contributed by atoms with Gasteiger partial charge in [-0.05, 0) is 55.1 Å². The predicted molar refractivity (Wildman–Crippen MR) is 140 cm³/mol. The molecule has 0 saturated heterocycles. The maximum atomic E-state index is 13.9. The van der Waals surface area contributed by atoms with Gasteiger partial charge in [0.25, 0.3) is 11.8 Å². The number of nitrogens with two attached hydrogens (primary N) is 2. The molecule has 0 spiro atoms. The number of methoxy groups -OCH3 is 1. The van der Waals surface area contributed by atoms with Crippen molar-refractivity contribution in [1.29, 1.82) is 0 Å². The highest BCUT2D eigenvalue weighted by atomic mass is 32.1. The summed E-state index contributed by atoms with van der Waals surface area (Å²) >= 11 is 0.781. The van der Waals surface area contributed by atoms with E-state index in [4.69, 9.17) is 16.2 Å². The lowest BCUT2D eigenvalue weighted by molar-refractivity contribution is -0.127. The van der Waals surface area contributed by atoms with Crippen LogP contribution in [0.5, 0.6) is 5.75 Å². The van der Waals surface area contributed by atoms with Gasteiger partial charge in [-0.1, -0.05) is 49.4 Å². The Labute approximate surface area is 214 Å². The largest absolute Gasteiger partial charge is 0.497 e. The summed E-state index contributed by atoms with van der Waals surface area (Å²) in [4.78, 5) is 40.9. The first-order valence-corrected chi connectivity index (χ1v) is 12.2. The molecule has 3 amide bonds. The van der Waals surface area contributed by atoms with E-state index in [0.717, 1.165) is 17.1 Å². The lowest BCUT2D eigenvalue weighted by Gasteiger charge is -2.34. The number of benzene rings is 2. The van der Waals surface area contributed by atoms with E-state index in [9.17, 15) is 14.4 Å². The van der Waals surface area contributed by atoms with Gasteiger partial charge in [0.05, 0.1) is 12.8 Å². The van der Waals surface area contributed by atoms with Crippen molar-refractivity contribution in [2.45, 2.75) is 45.3 Å². The summed E-state index contributed by atoms with van der Waals surface area (Å²) in [6, 6.07) is 15.3. The fourth-order valence-corrected chi connectivity index (χ4v) is 4.33. The summed E-state index contributed by atoms with van der Waals surface area (Å²) in [7, 11) is 1.55. The summed E-state index contributed by atoms with van der Waals surface area (Å²) in [5.74, 6) is -1.10. The normalized spacial score (nSPS) is 12.0. The summed E-state index contributed by atoms with van der Waals surface area (Å²) in [6.45, 7) is 5.91. The van der Waals surface area contributed by atoms with E-state index in [1.165, 1.54) is 4.90 Å². The van der Waals surface area contributed by atoms with E-state index >= 15 is 0 Å². The van der Waals surface area contributed by atoms with Crippen LogP contribution >= 0.6 is 11.5 Å². The Morgan fingerprint density at radius 2 is 1.75 bits per heavy atom. The van der Waals surface area contributed by atoms with Gasteiger partial charge >= 0.3 is 0 Å². The molecule has 0 bridgehead atoms. The molecule has 10 heteroatoms. The fourth-order valence-electron chi connectivity index (χ4n) is 3.57. The van der Waals surface area contributed by atoms with E-state index < -0.39 is 23.4 Å². The van der Waals surface area contributed by atoms with Crippen molar-refractivity contribution in [3.63, 3.8) is 0 Å². The summed E-state index contributed by atoms with van der Waals surface area (Å²) in [6.07, 6.45) is 0.685. The molecular formula is C26H31N5O4S. The number of nitrogens with zero attached hydrogens (tertiary/aromatic N) is 2. The molecule has 1 atom stereocenters. The highest BCUT2D eigenvalue weighted by Crippen LogP contribution is 2.31. The van der Waals surface area contributed by atoms with Crippen molar-refractivity contribution in [3.05, 3.63) is 76.3 Å². The second-order valence-electron chi connectivity index (χ2n) is 8.96. The standard InChI is InChI=1S/C26H31N5O4S/c1-5-26(2,3)29-24(33)21(17-11-13-18(35-4)14-12-17)31(15-16-9-7-6-8-10-16)25(34)22-19(27)20(23(28)32)30-36-22/h6-14,21H,5,15,27H2,1-4H3,(H2,28,32)(H,29,33)/t21-/m0/s1. The predicted octanol–water partition coefficient (Wildman–Crippen LogP) is 3.52. The van der Waals surface area contributed by atoms with Crippen LogP contribution < -0.4 is 21.5 Å². The highest BCUT2D eigenvalue weighted by Gasteiger charge is 2.36. The molecule has 190 valence electrons. The van der Waals surface area contributed by atoms with Gasteiger partial charge in [-0.15, -0.1) is 0 Å². The Hall–Kier alpha value is -3.92. The molecule has 0 fully saturated rings. The molecule has 1 heterocycles. The van der Waals surface area contributed by atoms with E-state index in [1.807, 2.05) is 51.1 Å². The van der Waals surface area contributed by atoms with Gasteiger partial charge in [-0.2, -0.15) is 4.37 Å². The van der Waals surface area contributed by atoms with Crippen molar-refractivity contribution in [3.8, 4) is 5.75 Å². The first kappa shape index (κ1) is 26.7. The third kappa shape index (κ3) is 6.01. The molecule has 0 aliphatic rings. The number of carbonyl (C=O) groups excluding carboxylic acids is 3. The van der Waals surface area contributed by atoms with Crippen molar-refractivity contribution in [2.75, 3.05) is 12.8 Å². The molecule has 0 radical (unpaired) electrons. The van der Waals surface area contributed by atoms with Crippen LogP contribution in [-0.4, -0.2) is 39.6 Å². The van der Waals surface area contributed by atoms with Crippen molar-refractivity contribution >= 4 is 34.9 Å². The molecule has 0 aliphatic carbocycles. The lowest BCUT2D eigenvalue weighted by atomic mass is 9.98. The Kier molecular flexibility index (Phi) is 8.31. The summed E-state index contributed by atoms with van der Waals surface area (Å²) in [5, 5.41) is 3.06. The molecule has 0 saturated carbocycles. The van der Waals surface area contributed by atoms with E-state index in [0.29, 0.717) is 17.7 Å². The average molecular weight is 510 g/mol. The van der Waals surface area contributed by atoms with Crippen molar-refractivity contribution in [2.24, 2.45) is 5.73 Å². The first-order chi connectivity index (χ1) is 17.1. The molecule has 3 rings (SSSR count). The van der Waals surface area contributed by atoms with Crippen LogP contribution in [0.3, 0.4) is 0 Å². The fraction of sp³-hybridized carbons (Fsp3) is 0.308. The third-order valence-corrected chi connectivity index (χ3v) is 6.80. The number of anilines is 1. The Bertz CT molecular complexity index is 1220. The molecule has 36 heavy (non-hydrogen) atoms. The van der Waals surface area contributed by atoms with Crippen LogP contribution in [0.4, 0.5) is 5.69 Å². The Balaban J connectivity index is 2.15. The summed E-state index contributed by atoms with van der Waals surface area (Å²) < 4.78 is 9.25. The SMILES string of the molecule is CCC(C)(C)NC(=O)[C@H](c1ccc(OC)cc1)N(Cc1ccccc1)C(=O)c1snc(C(N)=O)c1N. The van der Waals surface area contributed by atoms with Crippen molar-refractivity contribution in [1.82, 2.24) is 14.6 Å². The number of ether oxygens (including phenoxy) is 1. The highest BCUT2D eigenvalue weighted by molar-refractivity contribution is 7.09. The van der Waals surface area contributed by atoms with Crippen LogP contribution in [0.25, 0.3) is 0 Å². The number of carbonyl (C=O) groups is 3. The number of aromatic nitrogens is 1. The Morgan fingerprint density at radius 3 is 2.28 bits per heavy atom. The molecule has 1 aromatic heterocycles. The minimum Gasteiger partial charge on any atom is -0.497 e. The maximum Gasteiger partial charge on any atom is 0.270 e. The van der Waals surface area contributed by atoms with E-state index in [1.54, 1.807) is 31.4 Å². The number of hydrogen-bond acceptors (Lipinski definition) is 7. The van der Waals surface area contributed by atoms with Gasteiger partial charge < -0.3 is 26.4 Å². The lowest BCUT2D eigenvalue weighted by Crippen LogP contribution is -2.50. The van der Waals surface area contributed by atoms with Crippen LogP contribution in [0.2, 0.25) is 0 Å². The van der Waals surface area contributed by atoms with Crippen LogP contribution in [0, 0.1) is 0 Å². The molecule has 0 aliphatic heterocycles. The van der Waals surface area contributed by atoms with E-state index in [2.05, 4.69) is 9.69 Å². The van der Waals surface area contributed by atoms with Gasteiger partial charge in [0.2, 0.25) is 5.91 Å². The number of rotatable bonds is 10. The van der Waals surface area contributed by atoms with E-state index in [-0.39, 0.29) is 28.7 Å². The van der Waals surface area contributed by atoms with Crippen LogP contribution in [-0.2, 0) is 11.3 Å². The molecule has 2 aromatic carbocycles. The number of nitrogen functional groups attached to an aromatic ring is 1. The molecule has 9 nitrogen and oxygen atoms in total. The zero-order valence-electron chi connectivity index (χ0n) is 20.8. The average Bonchev–Trinajstić information content (AvgIpc) is 3.25. The number of nitrogens with one attached hydrogen (secondary N) is 1. The van der Waals surface area contributed by atoms with Gasteiger partial charge in [0.15, 0.2) is 5.69 Å².